The lowest BCUT2D eigenvalue weighted by molar-refractivity contribution is -0.141. The fourth-order valence-electron chi connectivity index (χ4n) is 1.25. The lowest BCUT2D eigenvalue weighted by Crippen LogP contribution is -2.08. The minimum atomic E-state index is -4.43. The second kappa shape index (κ2) is 5.23. The van der Waals surface area contributed by atoms with Crippen LogP contribution in [0.5, 0.6) is 0 Å². The molecule has 0 atom stereocenters. The van der Waals surface area contributed by atoms with E-state index in [9.17, 15) is 13.2 Å². The number of hydrogen-bond acceptors (Lipinski definition) is 4. The van der Waals surface area contributed by atoms with Gasteiger partial charge in [0.05, 0.1) is 6.54 Å². The number of alkyl halides is 3. The Bertz CT molecular complexity index is 541. The van der Waals surface area contributed by atoms with Crippen LogP contribution in [0.25, 0.3) is 0 Å². The van der Waals surface area contributed by atoms with Gasteiger partial charge in [-0.3, -0.25) is 4.98 Å². The van der Waals surface area contributed by atoms with Crippen LogP contribution in [0.2, 0.25) is 0 Å². The predicted octanol–water partition coefficient (Wildman–Crippen LogP) is 3.93. The lowest BCUT2D eigenvalue weighted by Gasteiger charge is -2.08. The maximum Gasteiger partial charge on any atom is 0.433 e. The molecular formula is C10H7BrF3N3S. The molecule has 0 saturated carbocycles. The first-order valence-electron chi connectivity index (χ1n) is 4.82. The van der Waals surface area contributed by atoms with E-state index in [-0.39, 0.29) is 0 Å². The molecule has 0 aliphatic heterocycles. The zero-order valence-corrected chi connectivity index (χ0v) is 11.2. The summed E-state index contributed by atoms with van der Waals surface area (Å²) in [5.41, 5.74) is -0.528. The molecule has 0 aliphatic rings. The first-order valence-corrected chi connectivity index (χ1v) is 6.43. The van der Waals surface area contributed by atoms with E-state index >= 15 is 0 Å². The third kappa shape index (κ3) is 3.42. The molecule has 2 aromatic heterocycles. The van der Waals surface area contributed by atoms with Crippen molar-refractivity contribution in [3.05, 3.63) is 39.0 Å². The zero-order valence-electron chi connectivity index (χ0n) is 8.83. The molecule has 0 radical (unpaired) electrons. The van der Waals surface area contributed by atoms with Crippen LogP contribution in [0.1, 0.15) is 10.6 Å². The average Bonchev–Trinajstić information content (AvgIpc) is 2.72. The highest BCUT2D eigenvalue weighted by atomic mass is 79.9. The number of pyridine rings is 1. The van der Waals surface area contributed by atoms with Crippen molar-refractivity contribution in [3.8, 4) is 0 Å². The van der Waals surface area contributed by atoms with Gasteiger partial charge in [0.1, 0.15) is 5.69 Å². The normalized spacial score (nSPS) is 11.6. The van der Waals surface area contributed by atoms with E-state index in [0.717, 1.165) is 21.1 Å². The third-order valence-electron chi connectivity index (χ3n) is 2.04. The number of halogens is 4. The summed E-state index contributed by atoms with van der Waals surface area (Å²) >= 11 is 4.64. The second-order valence-corrected chi connectivity index (χ2v) is 5.75. The molecular weight excluding hydrogens is 331 g/mol. The van der Waals surface area contributed by atoms with E-state index < -0.39 is 11.9 Å². The quantitative estimate of drug-likeness (QED) is 0.921. The molecule has 2 aromatic rings. The monoisotopic (exact) mass is 337 g/mol. The van der Waals surface area contributed by atoms with Crippen molar-refractivity contribution in [1.82, 2.24) is 9.97 Å². The molecule has 1 N–H and O–H groups in total. The Morgan fingerprint density at radius 2 is 2.11 bits per heavy atom. The Morgan fingerprint density at radius 3 is 2.72 bits per heavy atom. The fourth-order valence-corrected chi connectivity index (χ4v) is 2.55. The van der Waals surface area contributed by atoms with Crippen LogP contribution >= 0.6 is 27.3 Å². The Labute approximate surface area is 113 Å². The largest absolute Gasteiger partial charge is 0.433 e. The molecule has 0 bridgehead atoms. The molecule has 0 fully saturated rings. The number of rotatable bonds is 3. The molecule has 3 nitrogen and oxygen atoms in total. The van der Waals surface area contributed by atoms with E-state index in [0.29, 0.717) is 12.2 Å². The van der Waals surface area contributed by atoms with E-state index in [1.807, 2.05) is 0 Å². The van der Waals surface area contributed by atoms with Gasteiger partial charge in [-0.15, -0.1) is 11.3 Å². The predicted molar refractivity (Wildman–Crippen MR) is 66.4 cm³/mol. The van der Waals surface area contributed by atoms with Crippen LogP contribution in [0.3, 0.4) is 0 Å². The summed E-state index contributed by atoms with van der Waals surface area (Å²) in [5.74, 6) is 0. The van der Waals surface area contributed by atoms with Crippen LogP contribution in [-0.4, -0.2) is 9.97 Å². The van der Waals surface area contributed by atoms with E-state index in [4.69, 9.17) is 0 Å². The molecule has 0 saturated heterocycles. The maximum atomic E-state index is 12.4. The van der Waals surface area contributed by atoms with Gasteiger partial charge < -0.3 is 5.32 Å². The number of nitrogens with one attached hydrogen (secondary N) is 1. The zero-order chi connectivity index (χ0) is 13.2. The average molecular weight is 338 g/mol. The Morgan fingerprint density at radius 1 is 1.33 bits per heavy atom. The van der Waals surface area contributed by atoms with Crippen molar-refractivity contribution in [1.29, 1.82) is 0 Å². The summed E-state index contributed by atoms with van der Waals surface area (Å²) < 4.78 is 38.0. The summed E-state index contributed by atoms with van der Waals surface area (Å²) in [6.45, 7) is 0.421. The minimum absolute atomic E-state index is 0.377. The highest BCUT2D eigenvalue weighted by Gasteiger charge is 2.32. The van der Waals surface area contributed by atoms with Gasteiger partial charge in [0.15, 0.2) is 3.92 Å². The van der Waals surface area contributed by atoms with E-state index in [1.54, 1.807) is 6.20 Å². The van der Waals surface area contributed by atoms with Gasteiger partial charge in [-0.2, -0.15) is 13.2 Å². The van der Waals surface area contributed by atoms with Crippen LogP contribution in [-0.2, 0) is 12.7 Å². The fraction of sp³-hybridized carbons (Fsp3) is 0.200. The smallest absolute Gasteiger partial charge is 0.380 e. The summed E-state index contributed by atoms with van der Waals surface area (Å²) in [5, 5.41) is 2.90. The summed E-state index contributed by atoms with van der Waals surface area (Å²) in [6, 6.07) is 2.47. The number of aromatic nitrogens is 2. The van der Waals surface area contributed by atoms with Crippen molar-refractivity contribution in [2.24, 2.45) is 0 Å². The summed E-state index contributed by atoms with van der Waals surface area (Å²) in [4.78, 5) is 8.20. The SMILES string of the molecule is FC(F)(F)c1cc(NCc2cnc(Br)s2)ccn1. The molecule has 0 unspecified atom stereocenters. The lowest BCUT2D eigenvalue weighted by atomic mass is 10.3. The molecule has 2 heterocycles. The standard InChI is InChI=1S/C10H7BrF3N3S/c11-9-17-5-7(18-9)4-16-6-1-2-15-8(3-6)10(12,13)14/h1-3,5H,4H2,(H,15,16). The summed E-state index contributed by atoms with van der Waals surface area (Å²) in [6.07, 6.45) is -1.63. The minimum Gasteiger partial charge on any atom is -0.380 e. The highest BCUT2D eigenvalue weighted by molar-refractivity contribution is 9.11. The first kappa shape index (κ1) is 13.3. The molecule has 0 aliphatic carbocycles. The van der Waals surface area contributed by atoms with Crippen LogP contribution < -0.4 is 5.32 Å². The Kier molecular flexibility index (Phi) is 3.86. The van der Waals surface area contributed by atoms with Crippen molar-refractivity contribution in [2.75, 3.05) is 5.32 Å². The van der Waals surface area contributed by atoms with Crippen molar-refractivity contribution >= 4 is 33.0 Å². The van der Waals surface area contributed by atoms with Crippen LogP contribution in [0.4, 0.5) is 18.9 Å². The Balaban J connectivity index is 2.06. The maximum absolute atomic E-state index is 12.4. The molecule has 2 rings (SSSR count). The summed E-state index contributed by atoms with van der Waals surface area (Å²) in [7, 11) is 0. The van der Waals surface area contributed by atoms with Gasteiger partial charge in [-0.25, -0.2) is 4.98 Å². The number of hydrogen-bond donors (Lipinski definition) is 1. The van der Waals surface area contributed by atoms with Gasteiger partial charge in [-0.1, -0.05) is 0 Å². The molecule has 18 heavy (non-hydrogen) atoms. The van der Waals surface area contributed by atoms with Gasteiger partial charge in [0, 0.05) is 23.0 Å². The highest BCUT2D eigenvalue weighted by Crippen LogP contribution is 2.29. The van der Waals surface area contributed by atoms with Gasteiger partial charge in [0.2, 0.25) is 0 Å². The van der Waals surface area contributed by atoms with Gasteiger partial charge in [-0.05, 0) is 28.1 Å². The first-order chi connectivity index (χ1) is 8.45. The third-order valence-corrected chi connectivity index (χ3v) is 3.52. The van der Waals surface area contributed by atoms with Gasteiger partial charge >= 0.3 is 6.18 Å². The van der Waals surface area contributed by atoms with Crippen LogP contribution in [0, 0.1) is 0 Å². The van der Waals surface area contributed by atoms with E-state index in [2.05, 4.69) is 31.2 Å². The number of anilines is 1. The number of nitrogens with zero attached hydrogens (tertiary/aromatic N) is 2. The van der Waals surface area contributed by atoms with E-state index in [1.165, 1.54) is 17.4 Å². The number of thiazole rings is 1. The molecule has 96 valence electrons. The van der Waals surface area contributed by atoms with Crippen molar-refractivity contribution in [2.45, 2.75) is 12.7 Å². The molecule has 0 spiro atoms. The topological polar surface area (TPSA) is 37.8 Å². The molecule has 0 aromatic carbocycles. The molecule has 8 heteroatoms. The second-order valence-electron chi connectivity index (χ2n) is 3.36. The van der Waals surface area contributed by atoms with Crippen molar-refractivity contribution in [3.63, 3.8) is 0 Å². The van der Waals surface area contributed by atoms with Gasteiger partial charge in [0.25, 0.3) is 0 Å². The Hall–Kier alpha value is -1.15. The van der Waals surface area contributed by atoms with Crippen LogP contribution in [0.15, 0.2) is 28.4 Å². The van der Waals surface area contributed by atoms with Crippen molar-refractivity contribution < 1.29 is 13.2 Å². The molecule has 0 amide bonds.